The standard InChI is InChI=1S/C21H21FN8OS/c1-11(2)30-19(26-27-28-30)15-5-4-6-18(23-15)25-20(31)13-9-17-16(10-14(13)22)24-21(32-17)29(3)12-7-8-12/h4-6,9-12H,7-8H2,1-3H3,(H,23,25,31). The third-order valence-electron chi connectivity index (χ3n) is 5.31. The van der Waals surface area contributed by atoms with Gasteiger partial charge >= 0.3 is 0 Å². The van der Waals surface area contributed by atoms with Crippen LogP contribution in [-0.2, 0) is 0 Å². The normalized spacial score (nSPS) is 13.7. The molecular formula is C21H21FN8OS. The number of aromatic nitrogens is 6. The molecule has 0 radical (unpaired) electrons. The molecule has 0 atom stereocenters. The number of thiazole rings is 1. The lowest BCUT2D eigenvalue weighted by Gasteiger charge is -2.13. The largest absolute Gasteiger partial charge is 0.348 e. The second-order valence-electron chi connectivity index (χ2n) is 8.04. The number of anilines is 2. The summed E-state index contributed by atoms with van der Waals surface area (Å²) in [5, 5.41) is 15.2. The molecule has 1 N–H and O–H groups in total. The molecular weight excluding hydrogens is 431 g/mol. The quantitative estimate of drug-likeness (QED) is 0.473. The van der Waals surface area contributed by atoms with Crippen LogP contribution in [-0.4, -0.2) is 49.2 Å². The molecule has 164 valence electrons. The molecule has 3 heterocycles. The van der Waals surface area contributed by atoms with Crippen LogP contribution in [0.25, 0.3) is 21.7 Å². The molecule has 32 heavy (non-hydrogen) atoms. The van der Waals surface area contributed by atoms with E-state index in [1.54, 1.807) is 28.9 Å². The van der Waals surface area contributed by atoms with E-state index in [4.69, 9.17) is 0 Å². The number of nitrogens with zero attached hydrogens (tertiary/aromatic N) is 7. The summed E-state index contributed by atoms with van der Waals surface area (Å²) in [5.74, 6) is -0.437. The van der Waals surface area contributed by atoms with Crippen LogP contribution >= 0.6 is 11.3 Å². The Bertz CT molecular complexity index is 1310. The summed E-state index contributed by atoms with van der Waals surface area (Å²) >= 11 is 1.45. The van der Waals surface area contributed by atoms with Crippen molar-refractivity contribution in [1.82, 2.24) is 30.2 Å². The number of tetrazole rings is 1. The smallest absolute Gasteiger partial charge is 0.259 e. The molecule has 5 rings (SSSR count). The minimum Gasteiger partial charge on any atom is -0.348 e. The fourth-order valence-corrected chi connectivity index (χ4v) is 4.42. The van der Waals surface area contributed by atoms with Crippen molar-refractivity contribution in [1.29, 1.82) is 0 Å². The van der Waals surface area contributed by atoms with Crippen LogP contribution in [0.3, 0.4) is 0 Å². The molecule has 0 unspecified atom stereocenters. The van der Waals surface area contributed by atoms with Crippen LogP contribution in [0.15, 0.2) is 30.3 Å². The minimum atomic E-state index is -0.624. The highest BCUT2D eigenvalue weighted by atomic mass is 32.1. The van der Waals surface area contributed by atoms with Gasteiger partial charge in [-0.2, -0.15) is 0 Å². The summed E-state index contributed by atoms with van der Waals surface area (Å²) in [5.41, 5.74) is 1.00. The maximum absolute atomic E-state index is 14.7. The number of hydrogen-bond donors (Lipinski definition) is 1. The van der Waals surface area contributed by atoms with Gasteiger partial charge in [-0.1, -0.05) is 17.4 Å². The number of amides is 1. The maximum atomic E-state index is 14.7. The third kappa shape index (κ3) is 3.79. The summed E-state index contributed by atoms with van der Waals surface area (Å²) < 4.78 is 17.1. The second-order valence-corrected chi connectivity index (χ2v) is 9.05. The van der Waals surface area contributed by atoms with Crippen molar-refractivity contribution in [3.8, 4) is 11.5 Å². The van der Waals surface area contributed by atoms with Gasteiger partial charge in [0.15, 0.2) is 5.13 Å². The predicted octanol–water partition coefficient (Wildman–Crippen LogP) is 3.92. The molecule has 1 aliphatic carbocycles. The lowest BCUT2D eigenvalue weighted by Crippen LogP contribution is -2.18. The van der Waals surface area contributed by atoms with Crippen LogP contribution in [0.1, 0.15) is 43.1 Å². The average Bonchev–Trinajstić information content (AvgIpc) is 3.34. The lowest BCUT2D eigenvalue weighted by molar-refractivity contribution is 0.102. The topological polar surface area (TPSA) is 102 Å². The van der Waals surface area contributed by atoms with Gasteiger partial charge in [-0.25, -0.2) is 19.0 Å². The van der Waals surface area contributed by atoms with E-state index in [9.17, 15) is 9.18 Å². The van der Waals surface area contributed by atoms with Crippen LogP contribution in [0.2, 0.25) is 0 Å². The Morgan fingerprint density at radius 3 is 2.84 bits per heavy atom. The van der Waals surface area contributed by atoms with Crippen molar-refractivity contribution in [2.24, 2.45) is 0 Å². The van der Waals surface area contributed by atoms with Gasteiger partial charge in [-0.15, -0.1) is 5.10 Å². The molecule has 1 aromatic carbocycles. The molecule has 9 nitrogen and oxygen atoms in total. The highest BCUT2D eigenvalue weighted by Crippen LogP contribution is 2.36. The molecule has 11 heteroatoms. The Morgan fingerprint density at radius 2 is 2.09 bits per heavy atom. The van der Waals surface area contributed by atoms with Crippen LogP contribution in [0.5, 0.6) is 0 Å². The van der Waals surface area contributed by atoms with Gasteiger partial charge in [0.05, 0.1) is 21.8 Å². The molecule has 4 aromatic rings. The van der Waals surface area contributed by atoms with E-state index >= 15 is 0 Å². The summed E-state index contributed by atoms with van der Waals surface area (Å²) in [7, 11) is 1.99. The van der Waals surface area contributed by atoms with E-state index in [0.717, 1.165) is 22.7 Å². The molecule has 0 aliphatic heterocycles. The highest BCUT2D eigenvalue weighted by Gasteiger charge is 2.28. The number of carbonyl (C=O) groups excluding carboxylic acids is 1. The Labute approximate surface area is 187 Å². The lowest BCUT2D eigenvalue weighted by atomic mass is 10.2. The van der Waals surface area contributed by atoms with Crippen LogP contribution in [0.4, 0.5) is 15.3 Å². The maximum Gasteiger partial charge on any atom is 0.259 e. The zero-order valence-electron chi connectivity index (χ0n) is 17.8. The number of hydrogen-bond acceptors (Lipinski definition) is 8. The molecule has 1 amide bonds. The Morgan fingerprint density at radius 1 is 1.28 bits per heavy atom. The fraction of sp³-hybridized carbons (Fsp3) is 0.333. The van der Waals surface area contributed by atoms with E-state index in [-0.39, 0.29) is 17.4 Å². The number of fused-ring (bicyclic) bond motifs is 1. The van der Waals surface area contributed by atoms with Crippen LogP contribution < -0.4 is 10.2 Å². The molecule has 0 saturated heterocycles. The van der Waals surface area contributed by atoms with Crippen molar-refractivity contribution >= 4 is 38.4 Å². The number of rotatable bonds is 6. The molecule has 3 aromatic heterocycles. The highest BCUT2D eigenvalue weighted by molar-refractivity contribution is 7.22. The van der Waals surface area contributed by atoms with Gasteiger partial charge in [-0.3, -0.25) is 4.79 Å². The van der Waals surface area contributed by atoms with Gasteiger partial charge in [-0.05, 0) is 55.3 Å². The molecule has 1 saturated carbocycles. The molecule has 1 aliphatic rings. The molecule has 1 fully saturated rings. The zero-order valence-corrected chi connectivity index (χ0v) is 18.6. The monoisotopic (exact) mass is 452 g/mol. The van der Waals surface area contributed by atoms with Crippen LogP contribution in [0, 0.1) is 5.82 Å². The van der Waals surface area contributed by atoms with Gasteiger partial charge < -0.3 is 10.2 Å². The van der Waals surface area contributed by atoms with E-state index in [0.29, 0.717) is 23.1 Å². The predicted molar refractivity (Wildman–Crippen MR) is 120 cm³/mol. The summed E-state index contributed by atoms with van der Waals surface area (Å²) in [6.45, 7) is 3.91. The first-order valence-electron chi connectivity index (χ1n) is 10.3. The fourth-order valence-electron chi connectivity index (χ4n) is 3.40. The van der Waals surface area contributed by atoms with Gasteiger partial charge in [0.25, 0.3) is 5.91 Å². The second kappa shape index (κ2) is 7.90. The number of nitrogens with one attached hydrogen (secondary N) is 1. The number of carbonyl (C=O) groups is 1. The van der Waals surface area contributed by atoms with E-state index in [1.807, 2.05) is 20.9 Å². The van der Waals surface area contributed by atoms with Crippen molar-refractivity contribution in [3.05, 3.63) is 41.7 Å². The van der Waals surface area contributed by atoms with Gasteiger partial charge in [0.2, 0.25) is 5.82 Å². The Kier molecular flexibility index (Phi) is 5.04. The van der Waals surface area contributed by atoms with Crippen molar-refractivity contribution in [2.75, 3.05) is 17.3 Å². The van der Waals surface area contributed by atoms with Crippen molar-refractivity contribution in [3.63, 3.8) is 0 Å². The van der Waals surface area contributed by atoms with Crippen molar-refractivity contribution < 1.29 is 9.18 Å². The van der Waals surface area contributed by atoms with Crippen molar-refractivity contribution in [2.45, 2.75) is 38.8 Å². The summed E-state index contributed by atoms with van der Waals surface area (Å²) in [6.07, 6.45) is 2.29. The molecule has 0 spiro atoms. The van der Waals surface area contributed by atoms with Gasteiger partial charge in [0, 0.05) is 19.2 Å². The first-order chi connectivity index (χ1) is 15.4. The molecule has 0 bridgehead atoms. The van der Waals surface area contributed by atoms with E-state index in [2.05, 4.69) is 35.7 Å². The first-order valence-corrected chi connectivity index (χ1v) is 11.1. The number of halogens is 1. The van der Waals surface area contributed by atoms with E-state index in [1.165, 1.54) is 17.4 Å². The Balaban J connectivity index is 1.41. The first kappa shape index (κ1) is 20.4. The minimum absolute atomic E-state index is 0.0455. The SMILES string of the molecule is CC(C)n1nnnc1-c1cccc(NC(=O)c2cc3sc(N(C)C4CC4)nc3cc2F)n1. The number of benzene rings is 1. The van der Waals surface area contributed by atoms with Gasteiger partial charge in [0.1, 0.15) is 17.3 Å². The number of pyridine rings is 1. The summed E-state index contributed by atoms with van der Waals surface area (Å²) in [4.78, 5) is 23.9. The average molecular weight is 453 g/mol. The summed E-state index contributed by atoms with van der Waals surface area (Å²) in [6, 6.07) is 8.53. The Hall–Kier alpha value is -3.47. The zero-order chi connectivity index (χ0) is 22.4. The van der Waals surface area contributed by atoms with E-state index < -0.39 is 11.7 Å². The third-order valence-corrected chi connectivity index (χ3v) is 6.42.